The standard InChI is InChI=1S/C23H26N5O2S/c1-27(14-17-9-5-3-6-10-17)22-20-21(25-16-26-22)24-13-18-15-30-23(20)28(18,2)31(29)19-11-7-4-8-12-19/h3-12,16,18,23H,13-15H2,1-2H3,(H,24,25,26)/q+1/t18-,23-,28-,31?/m0/s1. The van der Waals surface area contributed by atoms with Gasteiger partial charge in [0.2, 0.25) is 4.90 Å². The van der Waals surface area contributed by atoms with Gasteiger partial charge in [-0.2, -0.15) is 0 Å². The number of hydrogen-bond acceptors (Lipinski definition) is 6. The molecular formula is C23H26N5O2S+. The van der Waals surface area contributed by atoms with Crippen LogP contribution >= 0.6 is 0 Å². The van der Waals surface area contributed by atoms with E-state index in [0.717, 1.165) is 22.1 Å². The summed E-state index contributed by atoms with van der Waals surface area (Å²) in [5.41, 5.74) is 2.06. The molecule has 2 aromatic carbocycles. The Kier molecular flexibility index (Phi) is 5.31. The first-order chi connectivity index (χ1) is 15.1. The Hall–Kier alpha value is -2.65. The van der Waals surface area contributed by atoms with Gasteiger partial charge in [-0.05, 0) is 17.7 Å². The van der Waals surface area contributed by atoms with E-state index in [2.05, 4.69) is 32.3 Å². The summed E-state index contributed by atoms with van der Waals surface area (Å²) in [5, 5.41) is 3.47. The monoisotopic (exact) mass is 436 g/mol. The number of nitrogens with zero attached hydrogens (tertiary/aromatic N) is 4. The molecule has 4 atom stereocenters. The van der Waals surface area contributed by atoms with Crippen molar-refractivity contribution in [2.75, 3.05) is 37.5 Å². The summed E-state index contributed by atoms with van der Waals surface area (Å²) in [6.45, 7) is 1.87. The van der Waals surface area contributed by atoms with E-state index in [1.807, 2.05) is 62.6 Å². The predicted molar refractivity (Wildman–Crippen MR) is 121 cm³/mol. The lowest BCUT2D eigenvalue weighted by Crippen LogP contribution is -2.55. The van der Waals surface area contributed by atoms with Gasteiger partial charge in [0.25, 0.3) is 6.23 Å². The molecule has 2 aliphatic rings. The predicted octanol–water partition coefficient (Wildman–Crippen LogP) is 3.11. The lowest BCUT2D eigenvalue weighted by Gasteiger charge is -2.35. The third-order valence-corrected chi connectivity index (χ3v) is 8.06. The van der Waals surface area contributed by atoms with E-state index >= 15 is 0 Å². The van der Waals surface area contributed by atoms with Crippen LogP contribution in [-0.2, 0) is 22.6 Å². The molecule has 5 rings (SSSR count). The zero-order chi connectivity index (χ0) is 21.4. The van der Waals surface area contributed by atoms with Crippen molar-refractivity contribution in [2.45, 2.75) is 23.7 Å². The Labute approximate surface area is 185 Å². The van der Waals surface area contributed by atoms with Crippen LogP contribution in [0.2, 0.25) is 0 Å². The van der Waals surface area contributed by atoms with E-state index in [0.29, 0.717) is 19.7 Å². The van der Waals surface area contributed by atoms with Crippen LogP contribution in [0.15, 0.2) is 71.9 Å². The molecule has 0 amide bonds. The number of benzene rings is 2. The van der Waals surface area contributed by atoms with Gasteiger partial charge >= 0.3 is 0 Å². The van der Waals surface area contributed by atoms with Gasteiger partial charge in [-0.25, -0.2) is 9.97 Å². The Morgan fingerprint density at radius 2 is 1.84 bits per heavy atom. The van der Waals surface area contributed by atoms with Crippen LogP contribution in [0.1, 0.15) is 17.4 Å². The summed E-state index contributed by atoms with van der Waals surface area (Å²) in [6.07, 6.45) is 1.16. The average Bonchev–Trinajstić information content (AvgIpc) is 3.07. The van der Waals surface area contributed by atoms with E-state index < -0.39 is 17.6 Å². The Bertz CT molecular complexity index is 1050. The van der Waals surface area contributed by atoms with E-state index in [1.165, 1.54) is 5.56 Å². The smallest absolute Gasteiger partial charge is 0.268 e. The van der Waals surface area contributed by atoms with Crippen LogP contribution in [0.3, 0.4) is 0 Å². The van der Waals surface area contributed by atoms with Gasteiger partial charge in [-0.3, -0.25) is 0 Å². The van der Waals surface area contributed by atoms with Gasteiger partial charge in [-0.1, -0.05) is 48.5 Å². The normalized spacial score (nSPS) is 25.3. The Balaban J connectivity index is 1.56. The summed E-state index contributed by atoms with van der Waals surface area (Å²) < 4.78 is 20.4. The minimum Gasteiger partial charge on any atom is -0.561 e. The second kappa shape index (κ2) is 8.12. The van der Waals surface area contributed by atoms with Gasteiger partial charge < -0.3 is 19.5 Å². The van der Waals surface area contributed by atoms with Crippen molar-refractivity contribution in [2.24, 2.45) is 0 Å². The molecule has 1 N–H and O–H groups in total. The molecule has 1 fully saturated rings. The molecule has 0 aliphatic carbocycles. The van der Waals surface area contributed by atoms with Crippen LogP contribution in [0.4, 0.5) is 11.6 Å². The molecule has 1 saturated heterocycles. The Morgan fingerprint density at radius 1 is 1.13 bits per heavy atom. The fraction of sp³-hybridized carbons (Fsp3) is 0.304. The number of fused-ring (bicyclic) bond motifs is 4. The largest absolute Gasteiger partial charge is 0.561 e. The first kappa shape index (κ1) is 20.3. The second-order valence-corrected chi connectivity index (χ2v) is 9.90. The van der Waals surface area contributed by atoms with Crippen LogP contribution in [0.25, 0.3) is 0 Å². The highest BCUT2D eigenvalue weighted by Gasteiger charge is 2.61. The van der Waals surface area contributed by atoms with Crippen molar-refractivity contribution in [3.8, 4) is 0 Å². The molecule has 8 heteroatoms. The molecule has 0 radical (unpaired) electrons. The lowest BCUT2D eigenvalue weighted by atomic mass is 10.2. The third-order valence-electron chi connectivity index (χ3n) is 6.18. The molecule has 160 valence electrons. The number of anilines is 2. The number of rotatable bonds is 5. The first-order valence-electron chi connectivity index (χ1n) is 10.4. The van der Waals surface area contributed by atoms with Crippen LogP contribution in [0.5, 0.6) is 0 Å². The molecule has 1 unspecified atom stereocenters. The highest BCUT2D eigenvalue weighted by molar-refractivity contribution is 7.86. The Morgan fingerprint density at radius 3 is 2.58 bits per heavy atom. The van der Waals surface area contributed by atoms with Gasteiger partial charge in [0.1, 0.15) is 37.2 Å². The highest BCUT2D eigenvalue weighted by atomic mass is 32.2. The third kappa shape index (κ3) is 3.45. The van der Waals surface area contributed by atoms with Crippen LogP contribution < -0.4 is 10.2 Å². The molecule has 7 nitrogen and oxygen atoms in total. The zero-order valence-electron chi connectivity index (χ0n) is 17.6. The van der Waals surface area contributed by atoms with Crippen molar-refractivity contribution in [3.05, 3.63) is 78.1 Å². The molecule has 31 heavy (non-hydrogen) atoms. The summed E-state index contributed by atoms with van der Waals surface area (Å²) in [6, 6.07) is 19.9. The quantitative estimate of drug-likeness (QED) is 0.489. The molecule has 0 saturated carbocycles. The summed E-state index contributed by atoms with van der Waals surface area (Å²) >= 11 is -1.31. The SMILES string of the molecule is CN(Cc1ccccc1)c1ncnc2c1[C@@H]1OC[C@H](CN2)[N@+]1(C)[S+]([O-])c1ccccc1. The van der Waals surface area contributed by atoms with Gasteiger partial charge in [0, 0.05) is 13.6 Å². The summed E-state index contributed by atoms with van der Waals surface area (Å²) in [7, 11) is 4.04. The molecule has 2 bridgehead atoms. The maximum Gasteiger partial charge on any atom is 0.268 e. The van der Waals surface area contributed by atoms with Crippen LogP contribution in [-0.4, -0.2) is 51.7 Å². The van der Waals surface area contributed by atoms with Crippen molar-refractivity contribution in [1.29, 1.82) is 0 Å². The maximum atomic E-state index is 13.8. The molecule has 1 aromatic heterocycles. The lowest BCUT2D eigenvalue weighted by molar-refractivity contribution is -0.840. The van der Waals surface area contributed by atoms with Crippen LogP contribution in [0, 0.1) is 0 Å². The summed E-state index contributed by atoms with van der Waals surface area (Å²) in [5.74, 6) is 1.55. The number of nitrogens with one attached hydrogen (secondary N) is 1. The van der Waals surface area contributed by atoms with E-state index in [-0.39, 0.29) is 9.93 Å². The number of quaternary nitrogens is 1. The number of ether oxygens (including phenoxy) is 1. The van der Waals surface area contributed by atoms with E-state index in [1.54, 1.807) is 6.33 Å². The highest BCUT2D eigenvalue weighted by Crippen LogP contribution is 2.48. The van der Waals surface area contributed by atoms with Crippen molar-refractivity contribution < 1.29 is 13.2 Å². The second-order valence-electron chi connectivity index (χ2n) is 8.14. The number of aromatic nitrogens is 2. The number of likely N-dealkylation sites (N-methyl/N-ethyl adjacent to an activating group) is 1. The summed E-state index contributed by atoms with van der Waals surface area (Å²) in [4.78, 5) is 12.0. The first-order valence-corrected chi connectivity index (χ1v) is 11.5. The maximum absolute atomic E-state index is 13.8. The average molecular weight is 437 g/mol. The minimum absolute atomic E-state index is 0.0347. The number of hydrogen-bond donors (Lipinski definition) is 1. The zero-order valence-corrected chi connectivity index (χ0v) is 18.5. The molecule has 3 heterocycles. The minimum atomic E-state index is -1.31. The van der Waals surface area contributed by atoms with Crippen molar-refractivity contribution >= 4 is 23.0 Å². The molecule has 3 aromatic rings. The van der Waals surface area contributed by atoms with E-state index in [9.17, 15) is 4.55 Å². The topological polar surface area (TPSA) is 73.3 Å². The fourth-order valence-electron chi connectivity index (χ4n) is 4.46. The molecular weight excluding hydrogens is 410 g/mol. The fourth-order valence-corrected chi connectivity index (χ4v) is 6.05. The molecule has 0 spiro atoms. The van der Waals surface area contributed by atoms with Gasteiger partial charge in [0.15, 0.2) is 17.4 Å². The van der Waals surface area contributed by atoms with Crippen molar-refractivity contribution in [1.82, 2.24) is 9.97 Å². The molecule has 2 aliphatic heterocycles. The van der Waals surface area contributed by atoms with Gasteiger partial charge in [0.05, 0.1) is 6.54 Å². The van der Waals surface area contributed by atoms with E-state index in [4.69, 9.17) is 4.74 Å². The van der Waals surface area contributed by atoms with Crippen molar-refractivity contribution in [3.63, 3.8) is 0 Å². The van der Waals surface area contributed by atoms with Gasteiger partial charge in [-0.15, -0.1) is 3.89 Å².